The molecule has 2 rings (SSSR count). The van der Waals surface area contributed by atoms with E-state index >= 15 is 0 Å². The molecular formula is C18H22N2O3. The quantitative estimate of drug-likeness (QED) is 0.794. The fourth-order valence-corrected chi connectivity index (χ4v) is 2.33. The van der Waals surface area contributed by atoms with Crippen molar-refractivity contribution >= 4 is 11.7 Å². The molecule has 23 heavy (non-hydrogen) atoms. The highest BCUT2D eigenvalue weighted by molar-refractivity contribution is 5.91. The van der Waals surface area contributed by atoms with Gasteiger partial charge in [-0.3, -0.25) is 0 Å². The smallest absolute Gasteiger partial charge is 0.319 e. The molecule has 1 unspecified atom stereocenters. The van der Waals surface area contributed by atoms with E-state index in [2.05, 4.69) is 10.6 Å². The molecule has 3 N–H and O–H groups in total. The van der Waals surface area contributed by atoms with E-state index in [4.69, 9.17) is 4.74 Å². The SMILES string of the molecule is COc1cccc(C(O)CNC(=O)Nc2c(C)cccc2C)c1. The van der Waals surface area contributed by atoms with Gasteiger partial charge in [-0.2, -0.15) is 0 Å². The zero-order chi connectivity index (χ0) is 16.8. The molecule has 122 valence electrons. The van der Waals surface area contributed by atoms with Crippen molar-refractivity contribution in [3.05, 3.63) is 59.2 Å². The number of urea groups is 1. The number of carbonyl (C=O) groups excluding carboxylic acids is 1. The number of anilines is 1. The second kappa shape index (κ2) is 7.65. The standard InChI is InChI=1S/C18H22N2O3/c1-12-6-4-7-13(2)17(12)20-18(22)19-11-16(21)14-8-5-9-15(10-14)23-3/h4-10,16,21H,11H2,1-3H3,(H2,19,20,22). The fraction of sp³-hybridized carbons (Fsp3) is 0.278. The molecule has 0 spiro atoms. The molecule has 1 atom stereocenters. The molecule has 0 radical (unpaired) electrons. The van der Waals surface area contributed by atoms with Crippen molar-refractivity contribution in [2.45, 2.75) is 20.0 Å². The van der Waals surface area contributed by atoms with Gasteiger partial charge in [-0.15, -0.1) is 0 Å². The van der Waals surface area contributed by atoms with Crippen molar-refractivity contribution in [1.29, 1.82) is 0 Å². The minimum Gasteiger partial charge on any atom is -0.497 e. The molecule has 0 aliphatic rings. The molecule has 0 aromatic heterocycles. The molecule has 2 aromatic carbocycles. The lowest BCUT2D eigenvalue weighted by atomic mass is 10.1. The summed E-state index contributed by atoms with van der Waals surface area (Å²) in [5.74, 6) is 0.668. The number of hydrogen-bond acceptors (Lipinski definition) is 3. The monoisotopic (exact) mass is 314 g/mol. The number of carbonyl (C=O) groups is 1. The molecule has 2 amide bonds. The molecule has 0 aliphatic heterocycles. The van der Waals surface area contributed by atoms with Crippen LogP contribution in [0.25, 0.3) is 0 Å². The maximum atomic E-state index is 12.0. The Balaban J connectivity index is 1.93. The largest absolute Gasteiger partial charge is 0.497 e. The van der Waals surface area contributed by atoms with Crippen molar-refractivity contribution < 1.29 is 14.6 Å². The highest BCUT2D eigenvalue weighted by Crippen LogP contribution is 2.20. The first-order valence-electron chi connectivity index (χ1n) is 7.44. The topological polar surface area (TPSA) is 70.6 Å². The lowest BCUT2D eigenvalue weighted by Crippen LogP contribution is -2.32. The number of aliphatic hydroxyl groups excluding tert-OH is 1. The van der Waals surface area contributed by atoms with E-state index in [9.17, 15) is 9.90 Å². The summed E-state index contributed by atoms with van der Waals surface area (Å²) < 4.78 is 5.13. The van der Waals surface area contributed by atoms with Gasteiger partial charge in [0.1, 0.15) is 5.75 Å². The summed E-state index contributed by atoms with van der Waals surface area (Å²) in [5, 5.41) is 15.7. The maximum Gasteiger partial charge on any atom is 0.319 e. The number of aryl methyl sites for hydroxylation is 2. The number of hydrogen-bond donors (Lipinski definition) is 3. The second-order valence-corrected chi connectivity index (χ2v) is 5.39. The van der Waals surface area contributed by atoms with Crippen molar-refractivity contribution in [3.63, 3.8) is 0 Å². The molecule has 0 bridgehead atoms. The van der Waals surface area contributed by atoms with E-state index in [0.29, 0.717) is 11.3 Å². The number of nitrogens with one attached hydrogen (secondary N) is 2. The highest BCUT2D eigenvalue weighted by atomic mass is 16.5. The van der Waals surface area contributed by atoms with Crippen LogP contribution in [0.3, 0.4) is 0 Å². The van der Waals surface area contributed by atoms with Crippen LogP contribution in [-0.2, 0) is 0 Å². The van der Waals surface area contributed by atoms with E-state index in [1.807, 2.05) is 32.0 Å². The Kier molecular flexibility index (Phi) is 5.60. The van der Waals surface area contributed by atoms with Crippen LogP contribution in [0.5, 0.6) is 5.75 Å². The van der Waals surface area contributed by atoms with Crippen LogP contribution in [0.2, 0.25) is 0 Å². The summed E-state index contributed by atoms with van der Waals surface area (Å²) in [6.45, 7) is 3.99. The van der Waals surface area contributed by atoms with E-state index in [-0.39, 0.29) is 12.6 Å². The van der Waals surface area contributed by atoms with Crippen molar-refractivity contribution in [3.8, 4) is 5.75 Å². The number of methoxy groups -OCH3 is 1. The highest BCUT2D eigenvalue weighted by Gasteiger charge is 2.11. The minimum atomic E-state index is -0.797. The van der Waals surface area contributed by atoms with E-state index in [1.54, 1.807) is 31.4 Å². The van der Waals surface area contributed by atoms with Crippen LogP contribution in [-0.4, -0.2) is 24.8 Å². The van der Waals surface area contributed by atoms with Gasteiger partial charge in [-0.05, 0) is 42.7 Å². The average Bonchev–Trinajstić information content (AvgIpc) is 2.56. The average molecular weight is 314 g/mol. The lowest BCUT2D eigenvalue weighted by molar-refractivity contribution is 0.175. The Labute approximate surface area is 136 Å². The number of benzene rings is 2. The van der Waals surface area contributed by atoms with Crippen molar-refractivity contribution in [1.82, 2.24) is 5.32 Å². The summed E-state index contributed by atoms with van der Waals surface area (Å²) in [5.41, 5.74) is 3.47. The predicted octanol–water partition coefficient (Wildman–Crippen LogP) is 3.17. The summed E-state index contributed by atoms with van der Waals surface area (Å²) in [6.07, 6.45) is -0.797. The second-order valence-electron chi connectivity index (χ2n) is 5.39. The van der Waals surface area contributed by atoms with Gasteiger partial charge in [0.25, 0.3) is 0 Å². The Hall–Kier alpha value is -2.53. The number of ether oxygens (including phenoxy) is 1. The Morgan fingerprint density at radius 2 is 1.83 bits per heavy atom. The third kappa shape index (κ3) is 4.47. The minimum absolute atomic E-state index is 0.115. The maximum absolute atomic E-state index is 12.0. The normalized spacial score (nSPS) is 11.7. The number of rotatable bonds is 5. The lowest BCUT2D eigenvalue weighted by Gasteiger charge is -2.15. The van der Waals surface area contributed by atoms with Crippen LogP contribution in [0.4, 0.5) is 10.5 Å². The van der Waals surface area contributed by atoms with Gasteiger partial charge in [0.05, 0.1) is 13.2 Å². The van der Waals surface area contributed by atoms with Gasteiger partial charge in [0, 0.05) is 12.2 Å². The first-order valence-corrected chi connectivity index (χ1v) is 7.44. The van der Waals surface area contributed by atoms with Gasteiger partial charge in [0.15, 0.2) is 0 Å². The van der Waals surface area contributed by atoms with Gasteiger partial charge in [0.2, 0.25) is 0 Å². The van der Waals surface area contributed by atoms with E-state index < -0.39 is 6.10 Å². The van der Waals surface area contributed by atoms with Crippen LogP contribution in [0, 0.1) is 13.8 Å². The molecule has 0 fully saturated rings. The molecule has 0 aliphatic carbocycles. The zero-order valence-corrected chi connectivity index (χ0v) is 13.6. The first-order chi connectivity index (χ1) is 11.0. The van der Waals surface area contributed by atoms with Gasteiger partial charge < -0.3 is 20.5 Å². The number of amides is 2. The zero-order valence-electron chi connectivity index (χ0n) is 13.6. The Morgan fingerprint density at radius 1 is 1.17 bits per heavy atom. The summed E-state index contributed by atoms with van der Waals surface area (Å²) >= 11 is 0. The summed E-state index contributed by atoms with van der Waals surface area (Å²) in [4.78, 5) is 12.0. The molecule has 0 saturated heterocycles. The van der Waals surface area contributed by atoms with Crippen molar-refractivity contribution in [2.24, 2.45) is 0 Å². The Morgan fingerprint density at radius 3 is 2.48 bits per heavy atom. The van der Waals surface area contributed by atoms with Crippen LogP contribution in [0.15, 0.2) is 42.5 Å². The van der Waals surface area contributed by atoms with E-state index in [1.165, 1.54) is 0 Å². The molecule has 5 nitrogen and oxygen atoms in total. The number of para-hydroxylation sites is 1. The summed E-state index contributed by atoms with van der Waals surface area (Å²) in [7, 11) is 1.57. The molecule has 2 aromatic rings. The van der Waals surface area contributed by atoms with Gasteiger partial charge in [-0.25, -0.2) is 4.79 Å². The number of aliphatic hydroxyl groups is 1. The first kappa shape index (κ1) is 16.8. The molecule has 5 heteroatoms. The van der Waals surface area contributed by atoms with Crippen LogP contribution < -0.4 is 15.4 Å². The van der Waals surface area contributed by atoms with Gasteiger partial charge in [-0.1, -0.05) is 30.3 Å². The fourth-order valence-electron chi connectivity index (χ4n) is 2.33. The Bertz CT molecular complexity index is 665. The third-order valence-electron chi connectivity index (χ3n) is 3.65. The van der Waals surface area contributed by atoms with Crippen LogP contribution in [0.1, 0.15) is 22.8 Å². The van der Waals surface area contributed by atoms with Crippen molar-refractivity contribution in [2.75, 3.05) is 19.0 Å². The van der Waals surface area contributed by atoms with Crippen LogP contribution >= 0.6 is 0 Å². The predicted molar refractivity (Wildman–Crippen MR) is 90.9 cm³/mol. The summed E-state index contributed by atoms with van der Waals surface area (Å²) in [6, 6.07) is 12.6. The molecular weight excluding hydrogens is 292 g/mol. The van der Waals surface area contributed by atoms with Gasteiger partial charge >= 0.3 is 6.03 Å². The van der Waals surface area contributed by atoms with E-state index in [0.717, 1.165) is 16.8 Å². The third-order valence-corrected chi connectivity index (χ3v) is 3.65. The molecule has 0 saturated carbocycles. The molecule has 0 heterocycles.